The summed E-state index contributed by atoms with van der Waals surface area (Å²) in [4.78, 5) is 25.0. The van der Waals surface area contributed by atoms with Crippen LogP contribution in [0.4, 0.5) is 55.3 Å². The maximum atomic E-state index is 14.5. The zero-order chi connectivity index (χ0) is 29.4. The van der Waals surface area contributed by atoms with Gasteiger partial charge < -0.3 is 10.6 Å². The molecule has 0 bridgehead atoms. The smallest absolute Gasteiger partial charge is 0.322 e. The number of rotatable bonds is 5. The number of hydrogen-bond acceptors (Lipinski definition) is 2. The normalized spacial score (nSPS) is 12.7. The first-order valence-corrected chi connectivity index (χ1v) is 11.2. The van der Waals surface area contributed by atoms with Crippen LogP contribution in [0.3, 0.4) is 0 Å². The lowest BCUT2D eigenvalue weighted by atomic mass is 9.92. The standard InChI is InChI=1S/C24H13BrF10N2O2/c25-17-11-14(21(26,23(30,31)32)24(33,34)35)10-16(22(27,28)29)18(17)37-20(39)13-7-4-8-15(9-13)36-19(38)12-5-2-1-3-6-12/h1-11H,(H,36,38)(H,37,39). The second-order valence-corrected chi connectivity index (χ2v) is 8.74. The molecule has 0 fully saturated rings. The zero-order valence-corrected chi connectivity index (χ0v) is 20.4. The van der Waals surface area contributed by atoms with E-state index in [1.165, 1.54) is 24.3 Å². The molecule has 4 nitrogen and oxygen atoms in total. The molecule has 208 valence electrons. The number of halogens is 11. The number of anilines is 2. The molecular formula is C24H13BrF10N2O2. The maximum absolute atomic E-state index is 14.5. The molecule has 15 heteroatoms. The second-order valence-electron chi connectivity index (χ2n) is 7.89. The Morgan fingerprint density at radius 2 is 1.18 bits per heavy atom. The second kappa shape index (κ2) is 10.5. The van der Waals surface area contributed by atoms with Gasteiger partial charge in [-0.2, -0.15) is 39.5 Å². The van der Waals surface area contributed by atoms with Crippen LogP contribution < -0.4 is 10.6 Å². The first kappa shape index (κ1) is 29.9. The third-order valence-corrected chi connectivity index (χ3v) is 5.86. The number of benzene rings is 3. The highest BCUT2D eigenvalue weighted by molar-refractivity contribution is 9.10. The fraction of sp³-hybridized carbons (Fsp3) is 0.167. The van der Waals surface area contributed by atoms with Crippen LogP contribution in [0.25, 0.3) is 0 Å². The van der Waals surface area contributed by atoms with E-state index in [9.17, 15) is 53.5 Å². The summed E-state index contributed by atoms with van der Waals surface area (Å²) in [5.74, 6) is -1.86. The average molecular weight is 631 g/mol. The fourth-order valence-corrected chi connectivity index (χ4v) is 3.92. The third-order valence-electron chi connectivity index (χ3n) is 5.23. The molecule has 39 heavy (non-hydrogen) atoms. The fourth-order valence-electron chi connectivity index (χ4n) is 3.36. The van der Waals surface area contributed by atoms with Crippen LogP contribution in [0.1, 0.15) is 31.8 Å². The number of alkyl halides is 10. The van der Waals surface area contributed by atoms with Gasteiger partial charge in [0.15, 0.2) is 0 Å². The van der Waals surface area contributed by atoms with Gasteiger partial charge in [0, 0.05) is 26.9 Å². The van der Waals surface area contributed by atoms with Gasteiger partial charge in [0.2, 0.25) is 0 Å². The average Bonchev–Trinajstić information content (AvgIpc) is 2.83. The van der Waals surface area contributed by atoms with Crippen molar-refractivity contribution in [2.45, 2.75) is 24.2 Å². The van der Waals surface area contributed by atoms with Crippen LogP contribution in [-0.4, -0.2) is 24.2 Å². The molecule has 3 aromatic carbocycles. The van der Waals surface area contributed by atoms with Gasteiger partial charge >= 0.3 is 24.2 Å². The molecule has 2 amide bonds. The molecule has 2 N–H and O–H groups in total. The lowest BCUT2D eigenvalue weighted by molar-refractivity contribution is -0.348. The first-order chi connectivity index (χ1) is 17.9. The Morgan fingerprint density at radius 1 is 0.641 bits per heavy atom. The van der Waals surface area contributed by atoms with Gasteiger partial charge in [-0.3, -0.25) is 9.59 Å². The van der Waals surface area contributed by atoms with Crippen molar-refractivity contribution in [3.8, 4) is 0 Å². The van der Waals surface area contributed by atoms with Crippen molar-refractivity contribution < 1.29 is 53.5 Å². The quantitative estimate of drug-likeness (QED) is 0.279. The number of amides is 2. The highest BCUT2D eigenvalue weighted by atomic mass is 79.9. The van der Waals surface area contributed by atoms with Crippen LogP contribution in [-0.2, 0) is 11.8 Å². The van der Waals surface area contributed by atoms with Gasteiger partial charge in [-0.15, -0.1) is 0 Å². The van der Waals surface area contributed by atoms with Crippen LogP contribution in [0.5, 0.6) is 0 Å². The van der Waals surface area contributed by atoms with E-state index in [0.717, 1.165) is 12.1 Å². The topological polar surface area (TPSA) is 58.2 Å². The molecular weight excluding hydrogens is 618 g/mol. The molecule has 0 aromatic heterocycles. The molecule has 0 saturated heterocycles. The van der Waals surface area contributed by atoms with Crippen molar-refractivity contribution in [1.82, 2.24) is 0 Å². The highest BCUT2D eigenvalue weighted by Gasteiger charge is 2.73. The van der Waals surface area contributed by atoms with Crippen LogP contribution >= 0.6 is 15.9 Å². The van der Waals surface area contributed by atoms with Crippen LogP contribution in [0.2, 0.25) is 0 Å². The van der Waals surface area contributed by atoms with E-state index in [1.54, 1.807) is 23.5 Å². The summed E-state index contributed by atoms with van der Waals surface area (Å²) in [7, 11) is 0. The summed E-state index contributed by atoms with van der Waals surface area (Å²) in [6, 6.07) is 11.7. The zero-order valence-electron chi connectivity index (χ0n) is 18.8. The van der Waals surface area contributed by atoms with Crippen molar-refractivity contribution >= 4 is 39.1 Å². The summed E-state index contributed by atoms with van der Waals surface area (Å²) >= 11 is 2.42. The molecule has 0 aliphatic heterocycles. The number of carbonyl (C=O) groups excluding carboxylic acids is 2. The molecule has 0 atom stereocenters. The SMILES string of the molecule is O=C(Nc1cccc(C(=O)Nc2c(Br)cc(C(F)(C(F)(F)F)C(F)(F)F)cc2C(F)(F)F)c1)c1ccccc1. The number of nitrogens with one attached hydrogen (secondary N) is 2. The summed E-state index contributed by atoms with van der Waals surface area (Å²) in [5.41, 5.74) is -12.0. The van der Waals surface area contributed by atoms with E-state index in [-0.39, 0.29) is 22.9 Å². The first-order valence-electron chi connectivity index (χ1n) is 10.4. The lowest BCUT2D eigenvalue weighted by Crippen LogP contribution is -2.50. The van der Waals surface area contributed by atoms with Gasteiger partial charge in [-0.25, -0.2) is 4.39 Å². The Kier molecular flexibility index (Phi) is 8.06. The Balaban J connectivity index is 2.00. The monoisotopic (exact) mass is 630 g/mol. The summed E-state index contributed by atoms with van der Waals surface area (Å²) in [5, 5.41) is 4.22. The Hall–Kier alpha value is -3.62. The van der Waals surface area contributed by atoms with E-state index in [0.29, 0.717) is 0 Å². The van der Waals surface area contributed by atoms with Gasteiger partial charge in [-0.05, 0) is 58.4 Å². The number of carbonyl (C=O) groups is 2. The van der Waals surface area contributed by atoms with E-state index >= 15 is 0 Å². The van der Waals surface area contributed by atoms with Gasteiger partial charge in [-0.1, -0.05) is 24.3 Å². The van der Waals surface area contributed by atoms with E-state index in [4.69, 9.17) is 0 Å². The van der Waals surface area contributed by atoms with Gasteiger partial charge in [0.05, 0.1) is 11.3 Å². The lowest BCUT2D eigenvalue weighted by Gasteiger charge is -2.31. The Bertz CT molecular complexity index is 1370. The molecule has 0 unspecified atom stereocenters. The largest absolute Gasteiger partial charge is 0.435 e. The van der Waals surface area contributed by atoms with Crippen LogP contribution in [0.15, 0.2) is 71.2 Å². The Labute approximate surface area is 221 Å². The van der Waals surface area contributed by atoms with Crippen molar-refractivity contribution in [2.24, 2.45) is 0 Å². The van der Waals surface area contributed by atoms with Gasteiger partial charge in [0.25, 0.3) is 11.8 Å². The van der Waals surface area contributed by atoms with E-state index in [2.05, 4.69) is 21.2 Å². The molecule has 0 spiro atoms. The highest BCUT2D eigenvalue weighted by Crippen LogP contribution is 2.55. The van der Waals surface area contributed by atoms with Crippen molar-refractivity contribution in [2.75, 3.05) is 10.6 Å². The minimum Gasteiger partial charge on any atom is -0.322 e. The summed E-state index contributed by atoms with van der Waals surface area (Å²) in [6.07, 6.45) is -18.9. The predicted molar refractivity (Wildman–Crippen MR) is 123 cm³/mol. The Morgan fingerprint density at radius 3 is 1.72 bits per heavy atom. The number of hydrogen-bond donors (Lipinski definition) is 2. The molecule has 0 saturated carbocycles. The molecule has 0 aliphatic carbocycles. The van der Waals surface area contributed by atoms with Crippen molar-refractivity contribution in [3.05, 3.63) is 93.5 Å². The molecule has 3 aromatic rings. The maximum Gasteiger partial charge on any atom is 0.435 e. The summed E-state index contributed by atoms with van der Waals surface area (Å²) < 4.78 is 133. The molecule has 0 heterocycles. The third kappa shape index (κ3) is 6.18. The minimum absolute atomic E-state index is 0.0412. The van der Waals surface area contributed by atoms with E-state index < -0.39 is 63.4 Å². The predicted octanol–water partition coefficient (Wildman–Crippen LogP) is 8.26. The minimum atomic E-state index is -6.66. The van der Waals surface area contributed by atoms with Crippen LogP contribution in [0, 0.1) is 0 Å². The molecule has 0 aliphatic rings. The molecule has 0 radical (unpaired) electrons. The van der Waals surface area contributed by atoms with Crippen molar-refractivity contribution in [1.29, 1.82) is 0 Å². The van der Waals surface area contributed by atoms with Crippen molar-refractivity contribution in [3.63, 3.8) is 0 Å². The summed E-state index contributed by atoms with van der Waals surface area (Å²) in [6.45, 7) is 0. The van der Waals surface area contributed by atoms with E-state index in [1.807, 2.05) is 0 Å². The van der Waals surface area contributed by atoms with Gasteiger partial charge in [0.1, 0.15) is 0 Å². The molecule has 3 rings (SSSR count).